The van der Waals surface area contributed by atoms with E-state index >= 15 is 0 Å². The third kappa shape index (κ3) is 1.80. The van der Waals surface area contributed by atoms with Crippen molar-refractivity contribution in [2.45, 2.75) is 0 Å². The van der Waals surface area contributed by atoms with Crippen LogP contribution in [0, 0.1) is 23.7 Å². The molecular weight excluding hydrogens is 194 g/mol. The summed E-state index contributed by atoms with van der Waals surface area (Å²) in [7, 11) is 0. The Labute approximate surface area is 95.0 Å². The third-order valence-electron chi connectivity index (χ3n) is 2.41. The summed E-state index contributed by atoms with van der Waals surface area (Å²) in [6.45, 7) is 0. The van der Waals surface area contributed by atoms with Gasteiger partial charge < -0.3 is 0 Å². The number of benzene rings is 2. The van der Waals surface area contributed by atoms with Crippen LogP contribution in [0.15, 0.2) is 48.5 Å². The highest BCUT2D eigenvalue weighted by atomic mass is 14.2. The van der Waals surface area contributed by atoms with Gasteiger partial charge in [0.2, 0.25) is 0 Å². The zero-order valence-electron chi connectivity index (χ0n) is 8.64. The molecule has 74 valence electrons. The van der Waals surface area contributed by atoms with E-state index in [4.69, 9.17) is 11.7 Å². The van der Waals surface area contributed by atoms with Crippen LogP contribution in [0.25, 0.3) is 11.1 Å². The van der Waals surface area contributed by atoms with E-state index in [0.29, 0.717) is 5.56 Å². The van der Waals surface area contributed by atoms with E-state index in [1.165, 1.54) is 0 Å². The Kier molecular flexibility index (Phi) is 2.72. The quantitative estimate of drug-likeness (QED) is 0.653. The van der Waals surface area contributed by atoms with E-state index in [-0.39, 0.29) is 0 Å². The van der Waals surface area contributed by atoms with Crippen LogP contribution in [0.5, 0.6) is 0 Å². The molecule has 0 aromatic heterocycles. The first-order valence-electron chi connectivity index (χ1n) is 4.91. The number of hydrogen-bond acceptors (Lipinski definition) is 1. The lowest BCUT2D eigenvalue weighted by Gasteiger charge is -2.03. The maximum Gasteiger partial charge on any atom is 0.0998 e. The minimum Gasteiger partial charge on any atom is -0.192 e. The Morgan fingerprint density at radius 2 is 1.62 bits per heavy atom. The van der Waals surface area contributed by atoms with Crippen LogP contribution >= 0.6 is 0 Å². The van der Waals surface area contributed by atoms with Crippen LogP contribution in [0.4, 0.5) is 0 Å². The van der Waals surface area contributed by atoms with Crippen LogP contribution in [-0.2, 0) is 0 Å². The highest BCUT2D eigenvalue weighted by Gasteiger charge is 2.02. The second-order valence-electron chi connectivity index (χ2n) is 3.38. The molecule has 0 spiro atoms. The van der Waals surface area contributed by atoms with Gasteiger partial charge in [0.25, 0.3) is 0 Å². The first-order valence-corrected chi connectivity index (χ1v) is 4.91. The van der Waals surface area contributed by atoms with Gasteiger partial charge in [-0.25, -0.2) is 0 Å². The maximum atomic E-state index is 9.00. The Morgan fingerprint density at radius 3 is 2.25 bits per heavy atom. The van der Waals surface area contributed by atoms with Gasteiger partial charge in [0, 0.05) is 5.56 Å². The summed E-state index contributed by atoms with van der Waals surface area (Å²) in [5, 5.41) is 9.00. The molecule has 0 fully saturated rings. The molecule has 0 aliphatic rings. The lowest BCUT2D eigenvalue weighted by atomic mass is 9.99. The van der Waals surface area contributed by atoms with E-state index in [0.717, 1.165) is 16.7 Å². The Hall–Kier alpha value is -2.51. The molecule has 0 radical (unpaired) electrons. The molecule has 1 heteroatoms. The van der Waals surface area contributed by atoms with Crippen LogP contribution in [-0.4, -0.2) is 0 Å². The predicted octanol–water partition coefficient (Wildman–Crippen LogP) is 3.21. The lowest BCUT2D eigenvalue weighted by Crippen LogP contribution is -1.83. The predicted molar refractivity (Wildman–Crippen MR) is 64.5 cm³/mol. The van der Waals surface area contributed by atoms with Crippen molar-refractivity contribution in [2.75, 3.05) is 0 Å². The summed E-state index contributed by atoms with van der Waals surface area (Å²) in [6.07, 6.45) is 5.29. The van der Waals surface area contributed by atoms with Crippen molar-refractivity contribution in [1.82, 2.24) is 0 Å². The molecule has 0 saturated carbocycles. The molecule has 0 atom stereocenters. The molecule has 0 saturated heterocycles. The zero-order valence-corrected chi connectivity index (χ0v) is 8.64. The largest absolute Gasteiger partial charge is 0.192 e. The van der Waals surface area contributed by atoms with Crippen molar-refractivity contribution >= 4 is 0 Å². The summed E-state index contributed by atoms with van der Waals surface area (Å²) >= 11 is 0. The van der Waals surface area contributed by atoms with E-state index < -0.39 is 0 Å². The van der Waals surface area contributed by atoms with Gasteiger partial charge >= 0.3 is 0 Å². The normalized spacial score (nSPS) is 9.12. The topological polar surface area (TPSA) is 23.8 Å². The van der Waals surface area contributed by atoms with Crippen molar-refractivity contribution in [2.24, 2.45) is 0 Å². The van der Waals surface area contributed by atoms with E-state index in [9.17, 15) is 0 Å². The molecule has 0 aliphatic heterocycles. The number of hydrogen-bond donors (Lipinski definition) is 0. The molecule has 0 unspecified atom stereocenters. The molecule has 0 aliphatic carbocycles. The second kappa shape index (κ2) is 4.34. The van der Waals surface area contributed by atoms with Gasteiger partial charge in [-0.3, -0.25) is 0 Å². The fourth-order valence-corrected chi connectivity index (χ4v) is 1.58. The number of terminal acetylenes is 1. The third-order valence-corrected chi connectivity index (χ3v) is 2.41. The lowest BCUT2D eigenvalue weighted by molar-refractivity contribution is 1.48. The van der Waals surface area contributed by atoms with Crippen molar-refractivity contribution in [3.05, 3.63) is 59.7 Å². The number of nitriles is 1. The van der Waals surface area contributed by atoms with Gasteiger partial charge in [-0.05, 0) is 29.3 Å². The van der Waals surface area contributed by atoms with Gasteiger partial charge in [0.1, 0.15) is 0 Å². The van der Waals surface area contributed by atoms with Gasteiger partial charge in [-0.2, -0.15) is 5.26 Å². The molecule has 0 heterocycles. The van der Waals surface area contributed by atoms with Crippen LogP contribution < -0.4 is 0 Å². The summed E-state index contributed by atoms with van der Waals surface area (Å²) in [5.41, 5.74) is 3.47. The average Bonchev–Trinajstić information content (AvgIpc) is 2.39. The van der Waals surface area contributed by atoms with E-state index in [1.807, 2.05) is 48.5 Å². The van der Waals surface area contributed by atoms with Crippen molar-refractivity contribution in [1.29, 1.82) is 5.26 Å². The van der Waals surface area contributed by atoms with Crippen molar-refractivity contribution in [3.63, 3.8) is 0 Å². The van der Waals surface area contributed by atoms with Crippen LogP contribution in [0.1, 0.15) is 11.1 Å². The molecule has 1 nitrogen and oxygen atoms in total. The zero-order chi connectivity index (χ0) is 11.4. The standard InChI is InChI=1S/C15H9N/c1-2-12-7-9-13(10-8-12)15-6-4-3-5-14(15)11-16/h1,3-10H. The average molecular weight is 203 g/mol. The highest BCUT2D eigenvalue weighted by Crippen LogP contribution is 2.23. The smallest absolute Gasteiger partial charge is 0.0998 e. The minimum atomic E-state index is 0.677. The van der Waals surface area contributed by atoms with E-state index in [1.54, 1.807) is 0 Å². The summed E-state index contributed by atoms with van der Waals surface area (Å²) < 4.78 is 0. The van der Waals surface area contributed by atoms with Crippen molar-refractivity contribution in [3.8, 4) is 29.5 Å². The Balaban J connectivity index is 2.52. The van der Waals surface area contributed by atoms with Crippen molar-refractivity contribution < 1.29 is 0 Å². The first-order chi connectivity index (χ1) is 7.85. The second-order valence-corrected chi connectivity index (χ2v) is 3.38. The number of nitrogens with zero attached hydrogens (tertiary/aromatic N) is 1. The van der Waals surface area contributed by atoms with Gasteiger partial charge in [0.15, 0.2) is 0 Å². The molecule has 2 rings (SSSR count). The summed E-state index contributed by atoms with van der Waals surface area (Å²) in [5.74, 6) is 2.57. The molecule has 16 heavy (non-hydrogen) atoms. The molecular formula is C15H9N. The Bertz CT molecular complexity index is 580. The fraction of sp³-hybridized carbons (Fsp3) is 0. The minimum absolute atomic E-state index is 0.677. The van der Waals surface area contributed by atoms with E-state index in [2.05, 4.69) is 12.0 Å². The molecule has 0 amide bonds. The summed E-state index contributed by atoms with van der Waals surface area (Å²) in [6, 6.07) is 17.3. The number of rotatable bonds is 1. The molecule has 2 aromatic rings. The van der Waals surface area contributed by atoms with Crippen LogP contribution in [0.2, 0.25) is 0 Å². The molecule has 0 bridgehead atoms. The van der Waals surface area contributed by atoms with Gasteiger partial charge in [-0.15, -0.1) is 6.42 Å². The Morgan fingerprint density at radius 1 is 0.938 bits per heavy atom. The van der Waals surface area contributed by atoms with Gasteiger partial charge in [-0.1, -0.05) is 36.3 Å². The van der Waals surface area contributed by atoms with Gasteiger partial charge in [0.05, 0.1) is 11.6 Å². The van der Waals surface area contributed by atoms with Crippen LogP contribution in [0.3, 0.4) is 0 Å². The molecule has 0 N–H and O–H groups in total. The highest BCUT2D eigenvalue weighted by molar-refractivity contribution is 5.70. The summed E-state index contributed by atoms with van der Waals surface area (Å²) in [4.78, 5) is 0. The monoisotopic (exact) mass is 203 g/mol. The fourth-order valence-electron chi connectivity index (χ4n) is 1.58. The molecule has 2 aromatic carbocycles. The first kappa shape index (κ1) is 10.0. The maximum absolute atomic E-state index is 9.00. The SMILES string of the molecule is C#Cc1ccc(-c2ccccc2C#N)cc1.